The number of nitrogens with zero attached hydrogens (tertiary/aromatic N) is 1. The zero-order valence-electron chi connectivity index (χ0n) is 12.1. The van der Waals surface area contributed by atoms with Gasteiger partial charge in [-0.15, -0.1) is 0 Å². The smallest absolute Gasteiger partial charge is 0.109 e. The molecule has 19 heavy (non-hydrogen) atoms. The van der Waals surface area contributed by atoms with Gasteiger partial charge < -0.3 is 14.2 Å². The van der Waals surface area contributed by atoms with E-state index in [4.69, 9.17) is 14.2 Å². The van der Waals surface area contributed by atoms with Crippen LogP contribution in [0.2, 0.25) is 0 Å². The van der Waals surface area contributed by atoms with Crippen molar-refractivity contribution < 1.29 is 14.2 Å². The van der Waals surface area contributed by atoms with E-state index >= 15 is 0 Å². The van der Waals surface area contributed by atoms with E-state index in [1.807, 2.05) is 6.92 Å². The van der Waals surface area contributed by atoms with Crippen molar-refractivity contribution >= 4 is 0 Å². The first-order valence-electron chi connectivity index (χ1n) is 7.11. The van der Waals surface area contributed by atoms with Crippen molar-refractivity contribution in [1.29, 1.82) is 5.26 Å². The molecule has 0 aliphatic heterocycles. The van der Waals surface area contributed by atoms with E-state index in [0.717, 1.165) is 32.2 Å². The van der Waals surface area contributed by atoms with E-state index in [9.17, 15) is 5.26 Å². The molecule has 1 fully saturated rings. The lowest BCUT2D eigenvalue weighted by Gasteiger charge is -2.21. The van der Waals surface area contributed by atoms with E-state index in [1.54, 1.807) is 7.11 Å². The zero-order valence-corrected chi connectivity index (χ0v) is 12.1. The van der Waals surface area contributed by atoms with Gasteiger partial charge in [-0.05, 0) is 25.8 Å². The maximum Gasteiger partial charge on any atom is 0.109 e. The summed E-state index contributed by atoms with van der Waals surface area (Å²) in [6.07, 6.45) is 3.73. The van der Waals surface area contributed by atoms with Crippen molar-refractivity contribution in [3.63, 3.8) is 0 Å². The maximum atomic E-state index is 9.26. The second kappa shape index (κ2) is 9.27. The fraction of sp³-hybridized carbons (Fsp3) is 0.929. The number of ether oxygens (including phenoxy) is 3. The minimum Gasteiger partial charge on any atom is -0.382 e. The van der Waals surface area contributed by atoms with Gasteiger partial charge in [0.2, 0.25) is 0 Å². The number of nitrogens with one attached hydrogen (secondary N) is 1. The predicted octanol–water partition coefficient (Wildman–Crippen LogP) is 1.48. The summed E-state index contributed by atoms with van der Waals surface area (Å²) in [6, 6.07) is 2.40. The van der Waals surface area contributed by atoms with Crippen molar-refractivity contribution in [3.8, 4) is 6.07 Å². The van der Waals surface area contributed by atoms with Gasteiger partial charge in [0.25, 0.3) is 0 Å². The monoisotopic (exact) mass is 270 g/mol. The molecule has 1 aliphatic carbocycles. The van der Waals surface area contributed by atoms with Crippen molar-refractivity contribution in [2.45, 2.75) is 44.2 Å². The highest BCUT2D eigenvalue weighted by molar-refractivity contribution is 5.12. The number of hydrogen-bond acceptors (Lipinski definition) is 5. The van der Waals surface area contributed by atoms with Crippen LogP contribution in [0, 0.1) is 11.3 Å². The first-order valence-corrected chi connectivity index (χ1v) is 7.11. The second-order valence-electron chi connectivity index (χ2n) is 4.92. The maximum absolute atomic E-state index is 9.26. The Morgan fingerprint density at radius 3 is 2.84 bits per heavy atom. The minimum absolute atomic E-state index is 0.206. The first kappa shape index (κ1) is 16.4. The predicted molar refractivity (Wildman–Crippen MR) is 72.9 cm³/mol. The van der Waals surface area contributed by atoms with Crippen LogP contribution in [-0.4, -0.2) is 51.7 Å². The molecule has 110 valence electrons. The molecular weight excluding hydrogens is 244 g/mol. The van der Waals surface area contributed by atoms with E-state index < -0.39 is 0 Å². The van der Waals surface area contributed by atoms with Crippen LogP contribution in [0.25, 0.3) is 0 Å². The van der Waals surface area contributed by atoms with Crippen LogP contribution >= 0.6 is 0 Å². The quantitative estimate of drug-likeness (QED) is 0.609. The Labute approximate surface area is 116 Å². The molecule has 0 spiro atoms. The number of nitriles is 1. The highest BCUT2D eigenvalue weighted by atomic mass is 16.5. The number of methoxy groups -OCH3 is 1. The van der Waals surface area contributed by atoms with Crippen LogP contribution in [0.15, 0.2) is 0 Å². The number of rotatable bonds is 10. The highest BCUT2D eigenvalue weighted by Gasteiger charge is 2.39. The molecule has 1 N–H and O–H groups in total. The summed E-state index contributed by atoms with van der Waals surface area (Å²) < 4.78 is 16.1. The molecule has 0 saturated heterocycles. The third-order valence-electron chi connectivity index (χ3n) is 3.42. The average molecular weight is 270 g/mol. The lowest BCUT2D eigenvalue weighted by molar-refractivity contribution is 0.0245. The van der Waals surface area contributed by atoms with E-state index in [0.29, 0.717) is 26.4 Å². The van der Waals surface area contributed by atoms with E-state index in [-0.39, 0.29) is 11.6 Å². The second-order valence-corrected chi connectivity index (χ2v) is 4.92. The minimum atomic E-state index is -0.367. The lowest BCUT2D eigenvalue weighted by atomic mass is 10.00. The Morgan fingerprint density at radius 1 is 1.32 bits per heavy atom. The molecule has 0 amide bonds. The standard InChI is InChI=1S/C14H26N2O3/c1-3-16-14(12-15)6-5-13(11-14)19-8-4-7-18-10-9-17-2/h13,16H,3-11H2,1-2H3. The van der Waals surface area contributed by atoms with Gasteiger partial charge in [-0.3, -0.25) is 5.32 Å². The first-order chi connectivity index (χ1) is 9.26. The van der Waals surface area contributed by atoms with Gasteiger partial charge in [-0.2, -0.15) is 5.26 Å². The summed E-state index contributed by atoms with van der Waals surface area (Å²) in [7, 11) is 1.67. The van der Waals surface area contributed by atoms with Gasteiger partial charge in [0.15, 0.2) is 0 Å². The van der Waals surface area contributed by atoms with Crippen LogP contribution in [0.4, 0.5) is 0 Å². The molecule has 1 aliphatic rings. The molecule has 0 bridgehead atoms. The molecule has 5 nitrogen and oxygen atoms in total. The summed E-state index contributed by atoms with van der Waals surface area (Å²) in [5.41, 5.74) is -0.367. The summed E-state index contributed by atoms with van der Waals surface area (Å²) in [6.45, 7) is 5.53. The van der Waals surface area contributed by atoms with Crippen LogP contribution < -0.4 is 5.32 Å². The van der Waals surface area contributed by atoms with Gasteiger partial charge in [0.05, 0.1) is 25.4 Å². The normalized spacial score (nSPS) is 26.5. The van der Waals surface area contributed by atoms with Crippen molar-refractivity contribution in [2.75, 3.05) is 40.1 Å². The third-order valence-corrected chi connectivity index (χ3v) is 3.42. The molecule has 1 saturated carbocycles. The topological polar surface area (TPSA) is 63.5 Å². The lowest BCUT2D eigenvalue weighted by Crippen LogP contribution is -2.41. The number of hydrogen-bond donors (Lipinski definition) is 1. The molecule has 2 atom stereocenters. The van der Waals surface area contributed by atoms with Gasteiger partial charge in [-0.1, -0.05) is 6.92 Å². The Morgan fingerprint density at radius 2 is 2.16 bits per heavy atom. The van der Waals surface area contributed by atoms with Crippen molar-refractivity contribution in [1.82, 2.24) is 5.32 Å². The Kier molecular flexibility index (Phi) is 7.99. The Hall–Kier alpha value is -0.670. The van der Waals surface area contributed by atoms with E-state index in [1.165, 1.54) is 0 Å². The molecule has 0 aromatic rings. The highest BCUT2D eigenvalue weighted by Crippen LogP contribution is 2.31. The fourth-order valence-corrected chi connectivity index (χ4v) is 2.44. The summed E-state index contributed by atoms with van der Waals surface area (Å²) >= 11 is 0. The molecule has 0 radical (unpaired) electrons. The molecule has 5 heteroatoms. The zero-order chi connectivity index (χ0) is 14.0. The van der Waals surface area contributed by atoms with Crippen LogP contribution in [0.1, 0.15) is 32.6 Å². The molecule has 0 aromatic heterocycles. The van der Waals surface area contributed by atoms with Gasteiger partial charge >= 0.3 is 0 Å². The molecule has 1 rings (SSSR count). The summed E-state index contributed by atoms with van der Waals surface area (Å²) in [4.78, 5) is 0. The molecule has 2 unspecified atom stereocenters. The van der Waals surface area contributed by atoms with Gasteiger partial charge in [0.1, 0.15) is 5.54 Å². The van der Waals surface area contributed by atoms with Crippen LogP contribution in [0.3, 0.4) is 0 Å². The van der Waals surface area contributed by atoms with Crippen LogP contribution in [-0.2, 0) is 14.2 Å². The van der Waals surface area contributed by atoms with Gasteiger partial charge in [-0.25, -0.2) is 0 Å². The molecule has 0 aromatic carbocycles. The van der Waals surface area contributed by atoms with Crippen molar-refractivity contribution in [2.24, 2.45) is 0 Å². The molecular formula is C14H26N2O3. The molecule has 0 heterocycles. The van der Waals surface area contributed by atoms with Crippen molar-refractivity contribution in [3.05, 3.63) is 0 Å². The Balaban J connectivity index is 2.07. The largest absolute Gasteiger partial charge is 0.382 e. The summed E-state index contributed by atoms with van der Waals surface area (Å²) in [5, 5.41) is 12.5. The third kappa shape index (κ3) is 5.87. The summed E-state index contributed by atoms with van der Waals surface area (Å²) in [5.74, 6) is 0. The Bertz CT molecular complexity index is 280. The van der Waals surface area contributed by atoms with E-state index in [2.05, 4.69) is 11.4 Å². The van der Waals surface area contributed by atoms with Crippen LogP contribution in [0.5, 0.6) is 0 Å². The fourth-order valence-electron chi connectivity index (χ4n) is 2.44. The SMILES string of the molecule is CCNC1(C#N)CCC(OCCCOCCOC)C1. The average Bonchev–Trinajstić information content (AvgIpc) is 2.82. The van der Waals surface area contributed by atoms with Gasteiger partial charge in [0, 0.05) is 26.7 Å².